The van der Waals surface area contributed by atoms with Crippen LogP contribution >= 0.6 is 0 Å². The van der Waals surface area contributed by atoms with Crippen molar-refractivity contribution in [3.05, 3.63) is 59.7 Å². The molecule has 3 heteroatoms. The van der Waals surface area contributed by atoms with Gasteiger partial charge in [0, 0.05) is 6.54 Å². The SMILES string of the molecule is CC(C)CNCc1cccc(OCc2cccc(O)c2)c1. The summed E-state index contributed by atoms with van der Waals surface area (Å²) in [6, 6.07) is 15.2. The number of hydrogen-bond acceptors (Lipinski definition) is 3. The van der Waals surface area contributed by atoms with Crippen molar-refractivity contribution in [3.8, 4) is 11.5 Å². The Bertz CT molecular complexity index is 567. The van der Waals surface area contributed by atoms with Crippen molar-refractivity contribution in [1.29, 1.82) is 0 Å². The standard InChI is InChI=1S/C18H23NO2/c1-14(2)11-19-12-15-5-4-8-18(10-15)21-13-16-6-3-7-17(20)9-16/h3-10,14,19-20H,11-13H2,1-2H3. The minimum absolute atomic E-state index is 0.266. The molecule has 2 rings (SSSR count). The average Bonchev–Trinajstić information content (AvgIpc) is 2.45. The van der Waals surface area contributed by atoms with Gasteiger partial charge in [0.25, 0.3) is 0 Å². The molecule has 0 aliphatic heterocycles. The van der Waals surface area contributed by atoms with Gasteiger partial charge in [0.1, 0.15) is 18.1 Å². The number of benzene rings is 2. The van der Waals surface area contributed by atoms with Crippen LogP contribution in [0.3, 0.4) is 0 Å². The van der Waals surface area contributed by atoms with Gasteiger partial charge in [-0.25, -0.2) is 0 Å². The highest BCUT2D eigenvalue weighted by Crippen LogP contribution is 2.17. The molecule has 0 fully saturated rings. The second-order valence-corrected chi connectivity index (χ2v) is 5.63. The van der Waals surface area contributed by atoms with Gasteiger partial charge >= 0.3 is 0 Å². The van der Waals surface area contributed by atoms with E-state index in [0.717, 1.165) is 24.4 Å². The van der Waals surface area contributed by atoms with Crippen molar-refractivity contribution in [2.75, 3.05) is 6.54 Å². The lowest BCUT2D eigenvalue weighted by atomic mass is 10.2. The van der Waals surface area contributed by atoms with Gasteiger partial charge in [-0.15, -0.1) is 0 Å². The van der Waals surface area contributed by atoms with E-state index in [2.05, 4.69) is 31.3 Å². The largest absolute Gasteiger partial charge is 0.508 e. The minimum atomic E-state index is 0.266. The number of aromatic hydroxyl groups is 1. The van der Waals surface area contributed by atoms with Gasteiger partial charge in [-0.3, -0.25) is 0 Å². The van der Waals surface area contributed by atoms with Gasteiger partial charge in [-0.2, -0.15) is 0 Å². The van der Waals surface area contributed by atoms with Gasteiger partial charge in [0.05, 0.1) is 0 Å². The number of rotatable bonds is 7. The third-order valence-corrected chi connectivity index (χ3v) is 3.10. The molecule has 21 heavy (non-hydrogen) atoms. The van der Waals surface area contributed by atoms with Crippen LogP contribution in [0.25, 0.3) is 0 Å². The second-order valence-electron chi connectivity index (χ2n) is 5.63. The number of phenols is 1. The predicted octanol–water partition coefficient (Wildman–Crippen LogP) is 3.72. The highest BCUT2D eigenvalue weighted by molar-refractivity contribution is 5.30. The Balaban J connectivity index is 1.88. The first-order valence-electron chi connectivity index (χ1n) is 7.34. The first-order valence-corrected chi connectivity index (χ1v) is 7.34. The zero-order chi connectivity index (χ0) is 15.1. The topological polar surface area (TPSA) is 41.5 Å². The molecule has 0 bridgehead atoms. The summed E-state index contributed by atoms with van der Waals surface area (Å²) in [6.07, 6.45) is 0. The fraction of sp³-hybridized carbons (Fsp3) is 0.333. The summed E-state index contributed by atoms with van der Waals surface area (Å²) in [6.45, 7) is 6.71. The van der Waals surface area contributed by atoms with E-state index in [1.807, 2.05) is 24.3 Å². The maximum atomic E-state index is 9.43. The molecule has 0 saturated carbocycles. The molecule has 0 saturated heterocycles. The van der Waals surface area contributed by atoms with E-state index < -0.39 is 0 Å². The third-order valence-electron chi connectivity index (χ3n) is 3.10. The zero-order valence-electron chi connectivity index (χ0n) is 12.7. The van der Waals surface area contributed by atoms with Crippen molar-refractivity contribution >= 4 is 0 Å². The Kier molecular flexibility index (Phi) is 5.64. The summed E-state index contributed by atoms with van der Waals surface area (Å²) >= 11 is 0. The number of nitrogens with one attached hydrogen (secondary N) is 1. The molecule has 0 aliphatic rings. The maximum Gasteiger partial charge on any atom is 0.120 e. The Morgan fingerprint density at radius 3 is 2.57 bits per heavy atom. The normalized spacial score (nSPS) is 10.8. The van der Waals surface area contributed by atoms with Crippen LogP contribution in [0, 0.1) is 5.92 Å². The molecule has 0 radical (unpaired) electrons. The predicted molar refractivity (Wildman–Crippen MR) is 85.4 cm³/mol. The van der Waals surface area contributed by atoms with Crippen LogP contribution in [0.5, 0.6) is 11.5 Å². The minimum Gasteiger partial charge on any atom is -0.508 e. The van der Waals surface area contributed by atoms with Crippen LogP contribution in [0.4, 0.5) is 0 Å². The molecule has 3 nitrogen and oxygen atoms in total. The molecule has 0 heterocycles. The quantitative estimate of drug-likeness (QED) is 0.814. The summed E-state index contributed by atoms with van der Waals surface area (Å²) in [5, 5.41) is 12.9. The fourth-order valence-electron chi connectivity index (χ4n) is 2.06. The van der Waals surface area contributed by atoms with E-state index in [1.165, 1.54) is 5.56 Å². The van der Waals surface area contributed by atoms with Gasteiger partial charge in [0.2, 0.25) is 0 Å². The summed E-state index contributed by atoms with van der Waals surface area (Å²) < 4.78 is 5.78. The Morgan fingerprint density at radius 1 is 1.05 bits per heavy atom. The molecule has 0 spiro atoms. The highest BCUT2D eigenvalue weighted by Gasteiger charge is 2.00. The third kappa shape index (κ3) is 5.48. The summed E-state index contributed by atoms with van der Waals surface area (Å²) in [5.41, 5.74) is 2.17. The number of phenolic OH excluding ortho intramolecular Hbond substituents is 1. The van der Waals surface area contributed by atoms with E-state index in [-0.39, 0.29) is 5.75 Å². The van der Waals surface area contributed by atoms with Crippen LogP contribution in [-0.2, 0) is 13.2 Å². The lowest BCUT2D eigenvalue weighted by molar-refractivity contribution is 0.305. The van der Waals surface area contributed by atoms with Crippen molar-refractivity contribution in [2.24, 2.45) is 5.92 Å². The molecule has 2 N–H and O–H groups in total. The van der Waals surface area contributed by atoms with Crippen LogP contribution in [0.15, 0.2) is 48.5 Å². The molecular weight excluding hydrogens is 262 g/mol. The van der Waals surface area contributed by atoms with E-state index in [0.29, 0.717) is 12.5 Å². The summed E-state index contributed by atoms with van der Waals surface area (Å²) in [7, 11) is 0. The van der Waals surface area contributed by atoms with E-state index in [1.54, 1.807) is 12.1 Å². The monoisotopic (exact) mass is 285 g/mol. The van der Waals surface area contributed by atoms with E-state index in [4.69, 9.17) is 4.74 Å². The molecule has 0 aliphatic carbocycles. The fourth-order valence-corrected chi connectivity index (χ4v) is 2.06. The Labute approximate surface area is 126 Å². The van der Waals surface area contributed by atoms with Crippen LogP contribution < -0.4 is 10.1 Å². The van der Waals surface area contributed by atoms with E-state index >= 15 is 0 Å². The molecule has 2 aromatic rings. The smallest absolute Gasteiger partial charge is 0.120 e. The lowest BCUT2D eigenvalue weighted by Crippen LogP contribution is -2.18. The number of ether oxygens (including phenoxy) is 1. The second kappa shape index (κ2) is 7.70. The first kappa shape index (κ1) is 15.4. The molecule has 112 valence electrons. The summed E-state index contributed by atoms with van der Waals surface area (Å²) in [4.78, 5) is 0. The Hall–Kier alpha value is -2.00. The lowest BCUT2D eigenvalue weighted by Gasteiger charge is -2.10. The Morgan fingerprint density at radius 2 is 1.81 bits per heavy atom. The van der Waals surface area contributed by atoms with Crippen molar-refractivity contribution in [3.63, 3.8) is 0 Å². The zero-order valence-corrected chi connectivity index (χ0v) is 12.7. The van der Waals surface area contributed by atoms with Crippen LogP contribution in [-0.4, -0.2) is 11.7 Å². The van der Waals surface area contributed by atoms with Gasteiger partial charge in [-0.05, 0) is 47.9 Å². The van der Waals surface area contributed by atoms with Crippen molar-refractivity contribution in [2.45, 2.75) is 27.0 Å². The molecule has 0 unspecified atom stereocenters. The molecule has 0 aromatic heterocycles. The number of hydrogen-bond donors (Lipinski definition) is 2. The maximum absolute atomic E-state index is 9.43. The van der Waals surface area contributed by atoms with Crippen molar-refractivity contribution in [1.82, 2.24) is 5.32 Å². The highest BCUT2D eigenvalue weighted by atomic mass is 16.5. The van der Waals surface area contributed by atoms with Crippen LogP contribution in [0.1, 0.15) is 25.0 Å². The van der Waals surface area contributed by atoms with E-state index in [9.17, 15) is 5.11 Å². The molecule has 0 amide bonds. The van der Waals surface area contributed by atoms with Gasteiger partial charge < -0.3 is 15.2 Å². The van der Waals surface area contributed by atoms with Gasteiger partial charge in [0.15, 0.2) is 0 Å². The van der Waals surface area contributed by atoms with Gasteiger partial charge in [-0.1, -0.05) is 38.1 Å². The van der Waals surface area contributed by atoms with Crippen molar-refractivity contribution < 1.29 is 9.84 Å². The molecule has 0 atom stereocenters. The summed E-state index contributed by atoms with van der Waals surface area (Å²) in [5.74, 6) is 1.76. The molecule has 2 aromatic carbocycles. The average molecular weight is 285 g/mol. The van der Waals surface area contributed by atoms with Crippen LogP contribution in [0.2, 0.25) is 0 Å². The molecular formula is C18H23NO2. The first-order chi connectivity index (χ1) is 10.1.